The molecule has 0 atom stereocenters. The smallest absolute Gasteiger partial charge is 0.354 e. The normalized spacial score (nSPS) is 10.0. The van der Waals surface area contributed by atoms with Gasteiger partial charge in [-0.05, 0) is 31.5 Å². The second-order valence-corrected chi connectivity index (χ2v) is 3.53. The summed E-state index contributed by atoms with van der Waals surface area (Å²) in [5.74, 6) is -0.732. The average Bonchev–Trinajstić information content (AvgIpc) is 2.83. The molecule has 6 heteroatoms. The lowest BCUT2D eigenvalue weighted by molar-refractivity contribution is 0.0595. The summed E-state index contributed by atoms with van der Waals surface area (Å²) in [4.78, 5) is 25.4. The Bertz CT molecular complexity index is 387. The zero-order valence-corrected chi connectivity index (χ0v) is 9.79. The van der Waals surface area contributed by atoms with E-state index in [4.69, 9.17) is 5.73 Å². The zero-order valence-electron chi connectivity index (χ0n) is 9.79. The van der Waals surface area contributed by atoms with E-state index >= 15 is 0 Å². The predicted molar refractivity (Wildman–Crippen MR) is 62.8 cm³/mol. The molecule has 0 aliphatic rings. The molecule has 1 heterocycles. The van der Waals surface area contributed by atoms with E-state index in [0.29, 0.717) is 18.8 Å². The monoisotopic (exact) mass is 239 g/mol. The summed E-state index contributed by atoms with van der Waals surface area (Å²) >= 11 is 0. The maximum Gasteiger partial charge on any atom is 0.354 e. The third-order valence-electron chi connectivity index (χ3n) is 2.25. The van der Waals surface area contributed by atoms with Crippen LogP contribution in [0.2, 0.25) is 0 Å². The molecule has 0 spiro atoms. The number of nitrogens with two attached hydrogens (primary N) is 1. The number of hydrogen-bond donors (Lipinski definition) is 3. The summed E-state index contributed by atoms with van der Waals surface area (Å²) in [6, 6.07) is 3.06. The van der Waals surface area contributed by atoms with E-state index in [-0.39, 0.29) is 11.6 Å². The molecule has 1 amide bonds. The summed E-state index contributed by atoms with van der Waals surface area (Å²) in [6.45, 7) is 1.19. The van der Waals surface area contributed by atoms with Crippen molar-refractivity contribution in [1.82, 2.24) is 10.3 Å². The van der Waals surface area contributed by atoms with Crippen LogP contribution in [0.1, 0.15) is 33.8 Å². The minimum Gasteiger partial charge on any atom is -0.464 e. The number of carbonyl (C=O) groups is 2. The topological polar surface area (TPSA) is 97.2 Å². The SMILES string of the molecule is COC(=O)c1ccc(C(=O)NCCCCN)[nH]1. The number of aromatic amines is 1. The first-order valence-corrected chi connectivity index (χ1v) is 5.44. The molecule has 0 bridgehead atoms. The minimum atomic E-state index is -0.493. The molecule has 94 valence electrons. The van der Waals surface area contributed by atoms with Crippen molar-refractivity contribution in [2.45, 2.75) is 12.8 Å². The van der Waals surface area contributed by atoms with Gasteiger partial charge in [0.2, 0.25) is 0 Å². The maximum atomic E-state index is 11.6. The van der Waals surface area contributed by atoms with Crippen LogP contribution in [0.4, 0.5) is 0 Å². The van der Waals surface area contributed by atoms with Crippen molar-refractivity contribution >= 4 is 11.9 Å². The summed E-state index contributed by atoms with van der Waals surface area (Å²) in [6.07, 6.45) is 1.71. The number of methoxy groups -OCH3 is 1. The molecule has 1 aromatic rings. The second kappa shape index (κ2) is 6.70. The van der Waals surface area contributed by atoms with Crippen LogP contribution in [-0.2, 0) is 4.74 Å². The van der Waals surface area contributed by atoms with Gasteiger partial charge in [0, 0.05) is 6.54 Å². The van der Waals surface area contributed by atoms with E-state index in [1.54, 1.807) is 6.07 Å². The number of H-pyrrole nitrogens is 1. The number of aromatic nitrogens is 1. The Hall–Kier alpha value is -1.82. The molecule has 1 rings (SSSR count). The molecule has 0 aliphatic carbocycles. The predicted octanol–water partition coefficient (Wildman–Crippen LogP) is 0.270. The number of carbonyl (C=O) groups excluding carboxylic acids is 2. The Kier molecular flexibility index (Phi) is 5.22. The number of ether oxygens (including phenoxy) is 1. The Morgan fingerprint density at radius 2 is 2.06 bits per heavy atom. The van der Waals surface area contributed by atoms with Gasteiger partial charge < -0.3 is 20.8 Å². The quantitative estimate of drug-likeness (QED) is 0.490. The van der Waals surface area contributed by atoms with Crippen LogP contribution >= 0.6 is 0 Å². The summed E-state index contributed by atoms with van der Waals surface area (Å²) in [5.41, 5.74) is 5.95. The van der Waals surface area contributed by atoms with E-state index in [0.717, 1.165) is 12.8 Å². The molecule has 0 saturated carbocycles. The fourth-order valence-electron chi connectivity index (χ4n) is 1.32. The van der Waals surface area contributed by atoms with Crippen LogP contribution in [0.15, 0.2) is 12.1 Å². The standard InChI is InChI=1S/C11H17N3O3/c1-17-11(16)9-5-4-8(14-9)10(15)13-7-3-2-6-12/h4-5,14H,2-3,6-7,12H2,1H3,(H,13,15). The van der Waals surface area contributed by atoms with E-state index in [1.807, 2.05) is 0 Å². The van der Waals surface area contributed by atoms with Crippen LogP contribution < -0.4 is 11.1 Å². The number of hydrogen-bond acceptors (Lipinski definition) is 4. The van der Waals surface area contributed by atoms with Crippen LogP contribution in [0.3, 0.4) is 0 Å². The van der Waals surface area contributed by atoms with Crippen molar-refractivity contribution in [2.24, 2.45) is 5.73 Å². The highest BCUT2D eigenvalue weighted by molar-refractivity contribution is 5.95. The number of rotatable bonds is 6. The highest BCUT2D eigenvalue weighted by atomic mass is 16.5. The first-order chi connectivity index (χ1) is 8.19. The molecule has 6 nitrogen and oxygen atoms in total. The summed E-state index contributed by atoms with van der Waals surface area (Å²) < 4.78 is 4.53. The number of nitrogens with one attached hydrogen (secondary N) is 2. The minimum absolute atomic E-state index is 0.239. The molecule has 1 aromatic heterocycles. The highest BCUT2D eigenvalue weighted by Gasteiger charge is 2.12. The fourth-order valence-corrected chi connectivity index (χ4v) is 1.32. The summed E-state index contributed by atoms with van der Waals surface area (Å²) in [7, 11) is 1.29. The van der Waals surface area contributed by atoms with Gasteiger partial charge in [0.15, 0.2) is 0 Å². The molecule has 4 N–H and O–H groups in total. The van der Waals surface area contributed by atoms with E-state index in [2.05, 4.69) is 15.0 Å². The molecule has 0 radical (unpaired) electrons. The average molecular weight is 239 g/mol. The van der Waals surface area contributed by atoms with Gasteiger partial charge in [0.1, 0.15) is 11.4 Å². The highest BCUT2D eigenvalue weighted by Crippen LogP contribution is 2.03. The van der Waals surface area contributed by atoms with Gasteiger partial charge in [0.05, 0.1) is 7.11 Å². The van der Waals surface area contributed by atoms with Gasteiger partial charge in [-0.25, -0.2) is 4.79 Å². The van der Waals surface area contributed by atoms with Gasteiger partial charge in [-0.1, -0.05) is 0 Å². The van der Waals surface area contributed by atoms with Crippen molar-refractivity contribution in [3.8, 4) is 0 Å². The van der Waals surface area contributed by atoms with E-state index in [9.17, 15) is 9.59 Å². The molecule has 0 saturated heterocycles. The largest absolute Gasteiger partial charge is 0.464 e. The van der Waals surface area contributed by atoms with E-state index < -0.39 is 5.97 Å². The van der Waals surface area contributed by atoms with Crippen LogP contribution in [0, 0.1) is 0 Å². The van der Waals surface area contributed by atoms with Gasteiger partial charge >= 0.3 is 5.97 Å². The van der Waals surface area contributed by atoms with E-state index in [1.165, 1.54) is 13.2 Å². The molecule has 17 heavy (non-hydrogen) atoms. The number of unbranched alkanes of at least 4 members (excludes halogenated alkanes) is 1. The Labute approximate surface area is 99.5 Å². The summed E-state index contributed by atoms with van der Waals surface area (Å²) in [5, 5.41) is 2.73. The van der Waals surface area contributed by atoms with Crippen molar-refractivity contribution in [2.75, 3.05) is 20.2 Å². The van der Waals surface area contributed by atoms with Gasteiger partial charge in [0.25, 0.3) is 5.91 Å². The lowest BCUT2D eigenvalue weighted by Crippen LogP contribution is -2.25. The molecular weight excluding hydrogens is 222 g/mol. The number of esters is 1. The van der Waals surface area contributed by atoms with Crippen molar-refractivity contribution in [1.29, 1.82) is 0 Å². The van der Waals surface area contributed by atoms with Crippen molar-refractivity contribution in [3.63, 3.8) is 0 Å². The number of amides is 1. The van der Waals surface area contributed by atoms with Crippen molar-refractivity contribution < 1.29 is 14.3 Å². The lowest BCUT2D eigenvalue weighted by Gasteiger charge is -2.02. The molecular formula is C11H17N3O3. The molecule has 0 unspecified atom stereocenters. The van der Waals surface area contributed by atoms with Crippen LogP contribution in [-0.4, -0.2) is 37.1 Å². The first-order valence-electron chi connectivity index (χ1n) is 5.44. The van der Waals surface area contributed by atoms with Crippen LogP contribution in [0.5, 0.6) is 0 Å². The lowest BCUT2D eigenvalue weighted by atomic mass is 10.3. The van der Waals surface area contributed by atoms with Crippen molar-refractivity contribution in [3.05, 3.63) is 23.5 Å². The van der Waals surface area contributed by atoms with Gasteiger partial charge in [-0.15, -0.1) is 0 Å². The Balaban J connectivity index is 2.46. The third kappa shape index (κ3) is 3.92. The first kappa shape index (κ1) is 13.2. The Morgan fingerprint density at radius 1 is 1.35 bits per heavy atom. The molecule has 0 aromatic carbocycles. The Morgan fingerprint density at radius 3 is 2.71 bits per heavy atom. The second-order valence-electron chi connectivity index (χ2n) is 3.53. The van der Waals surface area contributed by atoms with Gasteiger partial charge in [-0.2, -0.15) is 0 Å². The fraction of sp³-hybridized carbons (Fsp3) is 0.455. The zero-order chi connectivity index (χ0) is 12.7. The molecule has 0 fully saturated rings. The maximum absolute atomic E-state index is 11.6. The molecule has 0 aliphatic heterocycles. The van der Waals surface area contributed by atoms with Crippen LogP contribution in [0.25, 0.3) is 0 Å². The van der Waals surface area contributed by atoms with Gasteiger partial charge in [-0.3, -0.25) is 4.79 Å². The third-order valence-corrected chi connectivity index (χ3v) is 2.25.